The van der Waals surface area contributed by atoms with Crippen LogP contribution in [0.25, 0.3) is 0 Å². The Labute approximate surface area is 164 Å². The number of Topliss-reactive ketones (excluding diaryl/α,β-unsaturated/α-hetero) is 1. The highest BCUT2D eigenvalue weighted by Crippen LogP contribution is 2.69. The first-order valence-electron chi connectivity index (χ1n) is 11.6. The Morgan fingerprint density at radius 1 is 0.926 bits per heavy atom. The quantitative estimate of drug-likeness (QED) is 0.631. The third-order valence-electron chi connectivity index (χ3n) is 10.3. The van der Waals surface area contributed by atoms with Crippen LogP contribution in [0.3, 0.4) is 0 Å². The second-order valence-electron chi connectivity index (χ2n) is 11.3. The fourth-order valence-corrected chi connectivity index (χ4v) is 9.02. The van der Waals surface area contributed by atoms with Crippen LogP contribution in [0, 0.1) is 46.3 Å². The van der Waals surface area contributed by atoms with E-state index in [1.165, 1.54) is 32.1 Å². The van der Waals surface area contributed by atoms with Gasteiger partial charge >= 0.3 is 0 Å². The maximum Gasteiger partial charge on any atom is 0.169 e. The van der Waals surface area contributed by atoms with Crippen molar-refractivity contribution < 1.29 is 14.3 Å². The molecule has 0 N–H and O–H groups in total. The molecular weight excluding hydrogens is 336 g/mol. The van der Waals surface area contributed by atoms with Crippen molar-refractivity contribution in [3.63, 3.8) is 0 Å². The number of hydrogen-bond acceptors (Lipinski definition) is 3. The van der Waals surface area contributed by atoms with Crippen molar-refractivity contribution in [2.24, 2.45) is 46.3 Å². The van der Waals surface area contributed by atoms with Gasteiger partial charge in [-0.15, -0.1) is 0 Å². The Bertz CT molecular complexity index is 623. The lowest BCUT2D eigenvalue weighted by Crippen LogP contribution is -2.57. The van der Waals surface area contributed by atoms with Crippen LogP contribution in [-0.4, -0.2) is 24.8 Å². The molecule has 0 radical (unpaired) electrons. The average molecular weight is 375 g/mol. The Morgan fingerprint density at radius 2 is 1.63 bits per heavy atom. The number of carbonyl (C=O) groups excluding carboxylic acids is 1. The second kappa shape index (κ2) is 6.05. The van der Waals surface area contributed by atoms with Crippen molar-refractivity contribution in [2.45, 2.75) is 84.8 Å². The van der Waals surface area contributed by atoms with Gasteiger partial charge < -0.3 is 9.47 Å². The molecule has 3 heteroatoms. The zero-order chi connectivity index (χ0) is 19.0. The highest BCUT2D eigenvalue weighted by molar-refractivity contribution is 5.79. The van der Waals surface area contributed by atoms with E-state index >= 15 is 0 Å². The van der Waals surface area contributed by atoms with Gasteiger partial charge in [-0.2, -0.15) is 0 Å². The van der Waals surface area contributed by atoms with Gasteiger partial charge in [0.2, 0.25) is 0 Å². The summed E-state index contributed by atoms with van der Waals surface area (Å²) in [5.74, 6) is 4.52. The van der Waals surface area contributed by atoms with Crippen LogP contribution in [0.1, 0.15) is 79.1 Å². The molecule has 8 atom stereocenters. The van der Waals surface area contributed by atoms with Crippen LogP contribution in [0.4, 0.5) is 0 Å². The summed E-state index contributed by atoms with van der Waals surface area (Å²) in [6.07, 6.45) is 9.35. The van der Waals surface area contributed by atoms with Crippen LogP contribution in [-0.2, 0) is 14.3 Å². The minimum Gasteiger partial charge on any atom is -0.348 e. The Hall–Kier alpha value is -0.410. The molecule has 5 fully saturated rings. The largest absolute Gasteiger partial charge is 0.348 e. The molecule has 1 heterocycles. The van der Waals surface area contributed by atoms with E-state index in [9.17, 15) is 4.79 Å². The predicted octanol–water partition coefficient (Wildman–Crippen LogP) is 5.22. The summed E-state index contributed by atoms with van der Waals surface area (Å²) in [6, 6.07) is 0. The topological polar surface area (TPSA) is 35.5 Å². The smallest absolute Gasteiger partial charge is 0.169 e. The van der Waals surface area contributed by atoms with Crippen LogP contribution in [0.5, 0.6) is 0 Å². The maximum atomic E-state index is 12.2. The Morgan fingerprint density at radius 3 is 2.37 bits per heavy atom. The molecule has 0 aromatic rings. The number of ether oxygens (including phenoxy) is 2. The molecule has 0 spiro atoms. The normalized spacial score (nSPS) is 54.3. The van der Waals surface area contributed by atoms with Crippen LogP contribution in [0.15, 0.2) is 0 Å². The number of hydrogen-bond donors (Lipinski definition) is 0. The summed E-state index contributed by atoms with van der Waals surface area (Å²) in [6.45, 7) is 11.3. The lowest BCUT2D eigenvalue weighted by atomic mass is 9.42. The predicted molar refractivity (Wildman–Crippen MR) is 105 cm³/mol. The minimum absolute atomic E-state index is 0.349. The summed E-state index contributed by atoms with van der Waals surface area (Å²) in [5, 5.41) is 0. The molecule has 3 nitrogen and oxygen atoms in total. The first-order valence-corrected chi connectivity index (χ1v) is 11.6. The Kier molecular flexibility index (Phi) is 4.17. The first-order chi connectivity index (χ1) is 12.8. The van der Waals surface area contributed by atoms with Gasteiger partial charge in [-0.25, -0.2) is 0 Å². The van der Waals surface area contributed by atoms with Crippen molar-refractivity contribution >= 4 is 5.78 Å². The zero-order valence-corrected chi connectivity index (χ0v) is 17.8. The van der Waals surface area contributed by atoms with Gasteiger partial charge in [-0.1, -0.05) is 20.8 Å². The molecule has 4 saturated carbocycles. The van der Waals surface area contributed by atoms with E-state index < -0.39 is 0 Å². The zero-order valence-electron chi connectivity index (χ0n) is 17.8. The molecule has 27 heavy (non-hydrogen) atoms. The number of ketones is 1. The molecule has 0 unspecified atom stereocenters. The van der Waals surface area contributed by atoms with Crippen molar-refractivity contribution in [2.75, 3.05) is 13.2 Å². The van der Waals surface area contributed by atoms with Gasteiger partial charge in [0.15, 0.2) is 5.79 Å². The van der Waals surface area contributed by atoms with E-state index in [0.717, 1.165) is 56.1 Å². The first kappa shape index (κ1) is 18.6. The average Bonchev–Trinajstić information content (AvgIpc) is 3.20. The van der Waals surface area contributed by atoms with Crippen molar-refractivity contribution in [1.82, 2.24) is 0 Å². The van der Waals surface area contributed by atoms with Gasteiger partial charge in [0, 0.05) is 18.8 Å². The molecule has 0 bridgehead atoms. The molecule has 4 aliphatic carbocycles. The van der Waals surface area contributed by atoms with Gasteiger partial charge in [-0.3, -0.25) is 4.79 Å². The molecule has 1 saturated heterocycles. The van der Waals surface area contributed by atoms with Gasteiger partial charge in [0.25, 0.3) is 0 Å². The monoisotopic (exact) mass is 374 g/mol. The van der Waals surface area contributed by atoms with E-state index in [1.54, 1.807) is 0 Å². The fraction of sp³-hybridized carbons (Fsp3) is 0.958. The SMILES string of the molecule is C[C@@H]1C[C@H]2CC(=O)CC[C@]2(C)[C@H]2CC[C@]3(C)[C@@H](C4(C)OCCO4)CC[C@H]3[C@H]12. The summed E-state index contributed by atoms with van der Waals surface area (Å²) < 4.78 is 12.3. The third-order valence-corrected chi connectivity index (χ3v) is 10.3. The van der Waals surface area contributed by atoms with E-state index in [2.05, 4.69) is 27.7 Å². The lowest BCUT2D eigenvalue weighted by molar-refractivity contribution is -0.221. The van der Waals surface area contributed by atoms with Crippen LogP contribution in [0.2, 0.25) is 0 Å². The molecule has 0 aromatic heterocycles. The summed E-state index contributed by atoms with van der Waals surface area (Å²) in [7, 11) is 0. The van der Waals surface area contributed by atoms with Crippen LogP contribution >= 0.6 is 0 Å². The maximum absolute atomic E-state index is 12.2. The highest BCUT2D eigenvalue weighted by Gasteiger charge is 2.64. The van der Waals surface area contributed by atoms with Crippen molar-refractivity contribution in [3.05, 3.63) is 0 Å². The molecular formula is C24H38O3. The van der Waals surface area contributed by atoms with Crippen molar-refractivity contribution in [3.8, 4) is 0 Å². The Balaban J connectivity index is 1.46. The fourth-order valence-electron chi connectivity index (χ4n) is 9.02. The molecule has 5 aliphatic rings. The van der Waals surface area contributed by atoms with E-state index in [0.29, 0.717) is 28.4 Å². The van der Waals surface area contributed by atoms with Gasteiger partial charge in [-0.05, 0) is 85.9 Å². The number of fused-ring (bicyclic) bond motifs is 5. The summed E-state index contributed by atoms with van der Waals surface area (Å²) >= 11 is 0. The second-order valence-corrected chi connectivity index (χ2v) is 11.3. The van der Waals surface area contributed by atoms with E-state index in [-0.39, 0.29) is 5.79 Å². The van der Waals surface area contributed by atoms with Gasteiger partial charge in [0.1, 0.15) is 5.78 Å². The van der Waals surface area contributed by atoms with E-state index in [1.807, 2.05) is 0 Å². The van der Waals surface area contributed by atoms with E-state index in [4.69, 9.17) is 9.47 Å². The molecule has 152 valence electrons. The number of carbonyl (C=O) groups is 1. The standard InChI is InChI=1S/C24H38O3/c1-15-13-16-14-17(25)7-9-22(16,2)19-8-10-23(3)18(21(15)19)5-6-20(23)24(4)26-11-12-27-24/h15-16,18-21H,5-14H2,1-4H3/t15-,16+,18+,19+,20+,21+,22+,23+/m1/s1. The minimum atomic E-state index is -0.363. The van der Waals surface area contributed by atoms with Crippen molar-refractivity contribution in [1.29, 1.82) is 0 Å². The summed E-state index contributed by atoms with van der Waals surface area (Å²) in [4.78, 5) is 12.2. The van der Waals surface area contributed by atoms with Gasteiger partial charge in [0.05, 0.1) is 13.2 Å². The summed E-state index contributed by atoms with van der Waals surface area (Å²) in [5.41, 5.74) is 0.747. The molecule has 1 aliphatic heterocycles. The lowest BCUT2D eigenvalue weighted by Gasteiger charge is -2.62. The molecule has 5 rings (SSSR count). The number of rotatable bonds is 1. The highest BCUT2D eigenvalue weighted by atomic mass is 16.7. The molecule has 0 aromatic carbocycles. The molecule has 0 amide bonds. The van der Waals surface area contributed by atoms with Crippen LogP contribution < -0.4 is 0 Å². The third kappa shape index (κ3) is 2.49.